The number of ketones is 1. The highest BCUT2D eigenvalue weighted by atomic mass is 35.5. The van der Waals surface area contributed by atoms with Crippen molar-refractivity contribution in [1.82, 2.24) is 0 Å². The number of methoxy groups -OCH3 is 1. The molecule has 1 unspecified atom stereocenters. The van der Waals surface area contributed by atoms with Gasteiger partial charge in [-0.25, -0.2) is 0 Å². The van der Waals surface area contributed by atoms with E-state index in [1.165, 1.54) is 5.56 Å². The summed E-state index contributed by atoms with van der Waals surface area (Å²) >= 11 is 5.98. The third-order valence-electron chi connectivity index (χ3n) is 3.52. The van der Waals surface area contributed by atoms with Crippen molar-refractivity contribution < 1.29 is 9.53 Å². The predicted molar refractivity (Wildman–Crippen MR) is 79.9 cm³/mol. The molecule has 0 fully saturated rings. The van der Waals surface area contributed by atoms with E-state index in [1.807, 2.05) is 24.3 Å². The Bertz CT molecular complexity index is 644. The van der Waals surface area contributed by atoms with E-state index in [1.54, 1.807) is 25.3 Å². The van der Waals surface area contributed by atoms with E-state index in [2.05, 4.69) is 5.32 Å². The van der Waals surface area contributed by atoms with Gasteiger partial charge in [0.2, 0.25) is 0 Å². The fourth-order valence-electron chi connectivity index (χ4n) is 2.47. The topological polar surface area (TPSA) is 38.3 Å². The Kier molecular flexibility index (Phi) is 3.36. The molecule has 0 aromatic heterocycles. The maximum atomic E-state index is 12.5. The lowest BCUT2D eigenvalue weighted by atomic mass is 10.0. The zero-order valence-electron chi connectivity index (χ0n) is 11.0. The van der Waals surface area contributed by atoms with E-state index >= 15 is 0 Å². The monoisotopic (exact) mass is 287 g/mol. The molecular weight excluding hydrogens is 274 g/mol. The van der Waals surface area contributed by atoms with Gasteiger partial charge in [0, 0.05) is 17.7 Å². The van der Waals surface area contributed by atoms with E-state index in [0.717, 1.165) is 5.69 Å². The second-order valence-corrected chi connectivity index (χ2v) is 5.18. The average molecular weight is 288 g/mol. The number of halogens is 1. The zero-order valence-corrected chi connectivity index (χ0v) is 11.8. The number of carbonyl (C=O) groups is 1. The van der Waals surface area contributed by atoms with E-state index < -0.39 is 0 Å². The standard InChI is InChI=1S/C16H14ClNO2/c1-20-15-9-11(6-7-12(15)17)16(19)14-8-10-4-2-3-5-13(10)18-14/h2-7,9,14,18H,8H2,1H3. The number of Topliss-reactive ketones (excluding diaryl/α,β-unsaturated/α-hetero) is 1. The molecule has 0 aliphatic carbocycles. The summed E-state index contributed by atoms with van der Waals surface area (Å²) in [4.78, 5) is 12.5. The Morgan fingerprint density at radius 3 is 2.85 bits per heavy atom. The van der Waals surface area contributed by atoms with Crippen molar-refractivity contribution in [3.05, 3.63) is 58.6 Å². The highest BCUT2D eigenvalue weighted by Crippen LogP contribution is 2.29. The van der Waals surface area contributed by atoms with Gasteiger partial charge >= 0.3 is 0 Å². The minimum atomic E-state index is -0.224. The molecule has 0 saturated heterocycles. The van der Waals surface area contributed by atoms with Gasteiger partial charge in [-0.3, -0.25) is 4.79 Å². The minimum absolute atomic E-state index is 0.0520. The quantitative estimate of drug-likeness (QED) is 0.877. The number of rotatable bonds is 3. The van der Waals surface area contributed by atoms with Crippen molar-refractivity contribution >= 4 is 23.1 Å². The van der Waals surface area contributed by atoms with Crippen molar-refractivity contribution in [2.45, 2.75) is 12.5 Å². The van der Waals surface area contributed by atoms with Gasteiger partial charge in [0.1, 0.15) is 5.75 Å². The molecule has 1 atom stereocenters. The van der Waals surface area contributed by atoms with Gasteiger partial charge in [0.05, 0.1) is 18.2 Å². The first-order valence-corrected chi connectivity index (χ1v) is 6.79. The van der Waals surface area contributed by atoms with Crippen LogP contribution in [0.4, 0.5) is 5.69 Å². The smallest absolute Gasteiger partial charge is 0.185 e. The van der Waals surface area contributed by atoms with Crippen LogP contribution in [-0.2, 0) is 6.42 Å². The number of ether oxygens (including phenoxy) is 1. The minimum Gasteiger partial charge on any atom is -0.495 e. The Morgan fingerprint density at radius 2 is 2.10 bits per heavy atom. The highest BCUT2D eigenvalue weighted by Gasteiger charge is 2.27. The molecule has 1 aliphatic heterocycles. The fourth-order valence-corrected chi connectivity index (χ4v) is 2.66. The molecule has 1 N–H and O–H groups in total. The van der Waals surface area contributed by atoms with Gasteiger partial charge in [-0.2, -0.15) is 0 Å². The van der Waals surface area contributed by atoms with Crippen molar-refractivity contribution in [1.29, 1.82) is 0 Å². The number of fused-ring (bicyclic) bond motifs is 1. The van der Waals surface area contributed by atoms with Gasteiger partial charge in [0.25, 0.3) is 0 Å². The molecule has 0 radical (unpaired) electrons. The third kappa shape index (κ3) is 2.25. The van der Waals surface area contributed by atoms with Gasteiger partial charge in [0.15, 0.2) is 5.78 Å². The van der Waals surface area contributed by atoms with Crippen LogP contribution in [0, 0.1) is 0 Å². The first-order valence-electron chi connectivity index (χ1n) is 6.41. The van der Waals surface area contributed by atoms with Crippen LogP contribution in [0.15, 0.2) is 42.5 Å². The van der Waals surface area contributed by atoms with Gasteiger partial charge < -0.3 is 10.1 Å². The highest BCUT2D eigenvalue weighted by molar-refractivity contribution is 6.32. The van der Waals surface area contributed by atoms with Crippen LogP contribution in [0.1, 0.15) is 15.9 Å². The van der Waals surface area contributed by atoms with Crippen molar-refractivity contribution in [2.24, 2.45) is 0 Å². The molecule has 0 saturated carbocycles. The number of carbonyl (C=O) groups excluding carboxylic acids is 1. The molecule has 2 aromatic rings. The Labute approximate surface area is 122 Å². The largest absolute Gasteiger partial charge is 0.495 e. The van der Waals surface area contributed by atoms with Gasteiger partial charge in [-0.05, 0) is 29.8 Å². The van der Waals surface area contributed by atoms with Crippen molar-refractivity contribution in [2.75, 3.05) is 12.4 Å². The van der Waals surface area contributed by atoms with Crippen LogP contribution in [0.3, 0.4) is 0 Å². The second kappa shape index (κ2) is 5.17. The lowest BCUT2D eigenvalue weighted by Gasteiger charge is -2.11. The lowest BCUT2D eigenvalue weighted by molar-refractivity contribution is 0.0971. The second-order valence-electron chi connectivity index (χ2n) is 4.77. The molecule has 3 rings (SSSR count). The lowest BCUT2D eigenvalue weighted by Crippen LogP contribution is -2.27. The first-order chi connectivity index (χ1) is 9.69. The molecule has 0 amide bonds. The molecule has 0 bridgehead atoms. The molecule has 0 spiro atoms. The molecule has 20 heavy (non-hydrogen) atoms. The molecule has 102 valence electrons. The average Bonchev–Trinajstić information content (AvgIpc) is 2.91. The van der Waals surface area contributed by atoms with Crippen LogP contribution in [-0.4, -0.2) is 18.9 Å². The Morgan fingerprint density at radius 1 is 1.30 bits per heavy atom. The van der Waals surface area contributed by atoms with E-state index in [9.17, 15) is 4.79 Å². The Hall–Kier alpha value is -2.00. The summed E-state index contributed by atoms with van der Waals surface area (Å²) in [5.74, 6) is 0.573. The first kappa shape index (κ1) is 13.0. The summed E-state index contributed by atoms with van der Waals surface area (Å²) in [6, 6.07) is 12.9. The summed E-state index contributed by atoms with van der Waals surface area (Å²) in [6.07, 6.45) is 0.708. The fraction of sp³-hybridized carbons (Fsp3) is 0.188. The third-order valence-corrected chi connectivity index (χ3v) is 3.84. The maximum Gasteiger partial charge on any atom is 0.185 e. The Balaban J connectivity index is 1.84. The van der Waals surface area contributed by atoms with E-state index in [-0.39, 0.29) is 11.8 Å². The summed E-state index contributed by atoms with van der Waals surface area (Å²) < 4.78 is 5.16. The number of hydrogen-bond donors (Lipinski definition) is 1. The zero-order chi connectivity index (χ0) is 14.1. The molecular formula is C16H14ClNO2. The summed E-state index contributed by atoms with van der Waals surface area (Å²) in [6.45, 7) is 0. The molecule has 1 aliphatic rings. The molecule has 1 heterocycles. The van der Waals surface area contributed by atoms with Crippen LogP contribution < -0.4 is 10.1 Å². The van der Waals surface area contributed by atoms with Crippen LogP contribution in [0.5, 0.6) is 5.75 Å². The van der Waals surface area contributed by atoms with E-state index in [4.69, 9.17) is 16.3 Å². The molecule has 3 nitrogen and oxygen atoms in total. The number of para-hydroxylation sites is 1. The predicted octanol–water partition coefficient (Wildman–Crippen LogP) is 3.57. The van der Waals surface area contributed by atoms with Crippen LogP contribution in [0.2, 0.25) is 5.02 Å². The SMILES string of the molecule is COc1cc(C(=O)C2Cc3ccccc3N2)ccc1Cl. The maximum absolute atomic E-state index is 12.5. The van der Waals surface area contributed by atoms with E-state index in [0.29, 0.717) is 22.8 Å². The van der Waals surface area contributed by atoms with Crippen molar-refractivity contribution in [3.8, 4) is 5.75 Å². The van der Waals surface area contributed by atoms with Crippen LogP contribution in [0.25, 0.3) is 0 Å². The normalized spacial score (nSPS) is 16.4. The van der Waals surface area contributed by atoms with Crippen molar-refractivity contribution in [3.63, 3.8) is 0 Å². The number of anilines is 1. The van der Waals surface area contributed by atoms with Crippen LogP contribution >= 0.6 is 11.6 Å². The van der Waals surface area contributed by atoms with Gasteiger partial charge in [-0.15, -0.1) is 0 Å². The molecule has 2 aromatic carbocycles. The number of benzene rings is 2. The number of nitrogens with one attached hydrogen (secondary N) is 1. The summed E-state index contributed by atoms with van der Waals surface area (Å²) in [7, 11) is 1.54. The van der Waals surface area contributed by atoms with Gasteiger partial charge in [-0.1, -0.05) is 29.8 Å². The molecule has 4 heteroatoms. The summed E-state index contributed by atoms with van der Waals surface area (Å²) in [5, 5.41) is 3.77. The summed E-state index contributed by atoms with van der Waals surface area (Å²) in [5.41, 5.74) is 2.81. The number of hydrogen-bond acceptors (Lipinski definition) is 3.